The third-order valence-electron chi connectivity index (χ3n) is 9.47. The first-order valence-electron chi connectivity index (χ1n) is 14.9. The van der Waals surface area contributed by atoms with E-state index in [2.05, 4.69) is 36.5 Å². The molecule has 9 nitrogen and oxygen atoms in total. The first-order chi connectivity index (χ1) is 21.0. The number of carboxylic acid groups (broad SMARTS) is 1. The van der Waals surface area contributed by atoms with Crippen molar-refractivity contribution in [1.82, 2.24) is 19.9 Å². The van der Waals surface area contributed by atoms with Crippen molar-refractivity contribution in [3.63, 3.8) is 0 Å². The van der Waals surface area contributed by atoms with Gasteiger partial charge in [-0.25, -0.2) is 9.97 Å². The Hall–Kier alpha value is -4.31. The van der Waals surface area contributed by atoms with Crippen LogP contribution in [0.4, 0.5) is 0 Å². The number of aryl methyl sites for hydroxylation is 3. The van der Waals surface area contributed by atoms with Gasteiger partial charge in [0.2, 0.25) is 0 Å². The number of fused-ring (bicyclic) bond motifs is 8. The van der Waals surface area contributed by atoms with Gasteiger partial charge in [0.25, 0.3) is 0 Å². The Labute approximate surface area is 255 Å². The topological polar surface area (TPSA) is 144 Å². The second kappa shape index (κ2) is 11.0. The van der Waals surface area contributed by atoms with Gasteiger partial charge >= 0.3 is 5.97 Å². The summed E-state index contributed by atoms with van der Waals surface area (Å²) in [5.41, 5.74) is 14.0. The molecule has 1 aliphatic carbocycles. The third kappa shape index (κ3) is 4.46. The molecule has 8 bridgehead atoms. The lowest BCUT2D eigenvalue weighted by Crippen LogP contribution is -2.28. The van der Waals surface area contributed by atoms with E-state index in [4.69, 9.17) is 14.7 Å². The molecule has 9 heteroatoms. The number of aliphatic hydroxyl groups is 2. The molecular formula is C35H38N4O5. The molecule has 0 radical (unpaired) electrons. The zero-order valence-electron chi connectivity index (χ0n) is 25.9. The van der Waals surface area contributed by atoms with Gasteiger partial charge in [-0.2, -0.15) is 0 Å². The fraction of sp³-hybridized carbons (Fsp3) is 0.343. The number of carbonyl (C=O) groups is 1. The first-order valence-corrected chi connectivity index (χ1v) is 14.9. The molecule has 0 saturated heterocycles. The number of aliphatic hydroxyl groups excluding tert-OH is 2. The summed E-state index contributed by atoms with van der Waals surface area (Å²) in [4.78, 5) is 29.0. The highest BCUT2D eigenvalue weighted by Crippen LogP contribution is 2.51. The van der Waals surface area contributed by atoms with Gasteiger partial charge in [-0.1, -0.05) is 19.6 Å². The Morgan fingerprint density at radius 2 is 1.64 bits per heavy atom. The van der Waals surface area contributed by atoms with Crippen LogP contribution in [0.15, 0.2) is 24.8 Å². The van der Waals surface area contributed by atoms with Crippen LogP contribution in [-0.2, 0) is 16.0 Å². The highest BCUT2D eigenvalue weighted by atomic mass is 16.6. The number of nitrogens with zero attached hydrogens (tertiary/aromatic N) is 2. The lowest BCUT2D eigenvalue weighted by Gasteiger charge is -2.22. The number of rotatable bonds is 7. The Kier molecular flexibility index (Phi) is 7.44. The minimum absolute atomic E-state index is 0.0962. The molecule has 0 saturated carbocycles. The van der Waals surface area contributed by atoms with Crippen molar-refractivity contribution >= 4 is 56.4 Å². The van der Waals surface area contributed by atoms with E-state index in [-0.39, 0.29) is 12.8 Å². The molecule has 5 heterocycles. The molecule has 3 aromatic rings. The lowest BCUT2D eigenvalue weighted by atomic mass is 9.92. The fourth-order valence-electron chi connectivity index (χ4n) is 7.00. The van der Waals surface area contributed by atoms with E-state index in [1.54, 1.807) is 0 Å². The summed E-state index contributed by atoms with van der Waals surface area (Å²) in [6.45, 7) is 14.2. The molecule has 44 heavy (non-hydrogen) atoms. The highest BCUT2D eigenvalue weighted by molar-refractivity contribution is 6.01. The number of nitrogens with one attached hydrogen (secondary N) is 2. The minimum Gasteiger partial charge on any atom is -0.481 e. The van der Waals surface area contributed by atoms with Gasteiger partial charge in [0, 0.05) is 52.3 Å². The molecule has 0 aromatic carbocycles. The molecule has 0 amide bonds. The zero-order valence-corrected chi connectivity index (χ0v) is 25.9. The number of aromatic nitrogens is 4. The SMILES string of the molecule is C=Cc1c(C)c2cc3nc(c4c5nc(cc6[nH]c(cc1[nH]2)c(C)c6CC)C(C)=C5C(O)[C@@H]4C(O)OC)C(CCC(=O)O)=C3C. The zero-order chi connectivity index (χ0) is 31.6. The van der Waals surface area contributed by atoms with Gasteiger partial charge in [0.15, 0.2) is 6.29 Å². The van der Waals surface area contributed by atoms with E-state index < -0.39 is 24.3 Å². The van der Waals surface area contributed by atoms with Crippen LogP contribution in [0.5, 0.6) is 0 Å². The molecule has 0 fully saturated rings. The molecule has 2 aliphatic heterocycles. The van der Waals surface area contributed by atoms with Crippen molar-refractivity contribution in [2.45, 2.75) is 72.2 Å². The van der Waals surface area contributed by atoms with Crippen LogP contribution >= 0.6 is 0 Å². The molecular weight excluding hydrogens is 556 g/mol. The molecule has 3 aromatic heterocycles. The maximum atomic E-state index is 11.7. The second-order valence-electron chi connectivity index (χ2n) is 11.8. The third-order valence-corrected chi connectivity index (χ3v) is 9.47. The number of carboxylic acids is 1. The largest absolute Gasteiger partial charge is 0.481 e. The van der Waals surface area contributed by atoms with Crippen LogP contribution in [0, 0.1) is 13.8 Å². The fourth-order valence-corrected chi connectivity index (χ4v) is 7.00. The number of H-pyrrole nitrogens is 2. The van der Waals surface area contributed by atoms with Crippen LogP contribution in [0.3, 0.4) is 0 Å². The van der Waals surface area contributed by atoms with E-state index in [1.165, 1.54) is 12.7 Å². The Bertz CT molecular complexity index is 1980. The second-order valence-corrected chi connectivity index (χ2v) is 11.8. The Balaban J connectivity index is 1.84. The van der Waals surface area contributed by atoms with E-state index in [1.807, 2.05) is 39.0 Å². The summed E-state index contributed by atoms with van der Waals surface area (Å²) in [7, 11) is 1.39. The van der Waals surface area contributed by atoms with E-state index in [0.717, 1.165) is 61.9 Å². The molecule has 0 spiro atoms. The van der Waals surface area contributed by atoms with Crippen LogP contribution in [0.1, 0.15) is 90.1 Å². The Morgan fingerprint density at radius 1 is 1.00 bits per heavy atom. The molecule has 6 rings (SSSR count). The maximum Gasteiger partial charge on any atom is 0.303 e. The average molecular weight is 595 g/mol. The maximum absolute atomic E-state index is 11.7. The molecule has 2 unspecified atom stereocenters. The number of ether oxygens (including phenoxy) is 1. The number of aliphatic carboxylic acids is 1. The predicted octanol–water partition coefficient (Wildman–Crippen LogP) is 6.29. The van der Waals surface area contributed by atoms with Gasteiger partial charge in [-0.05, 0) is 92.1 Å². The highest BCUT2D eigenvalue weighted by Gasteiger charge is 2.46. The van der Waals surface area contributed by atoms with Gasteiger partial charge in [0.1, 0.15) is 0 Å². The van der Waals surface area contributed by atoms with Crippen LogP contribution in [0.2, 0.25) is 0 Å². The number of methoxy groups -OCH3 is 1. The standard InChI is InChI=1S/C35H38N4O5/c1-8-19-15(3)22-12-24-17(5)21(10-11-28(40)41)32(38-24)30-31(35(43)44-7)34(42)29-18(6)25(39-33(29)30)14-27-20(9-2)16(4)23(37-27)13-26(19)36-22/h8,12-14,31,34-37,42-43H,1,9-11H2,2-7H3,(H,40,41)/t31-,34?,35?/m1/s1. The smallest absolute Gasteiger partial charge is 0.303 e. The minimum atomic E-state index is -1.33. The monoisotopic (exact) mass is 594 g/mol. The number of allylic oxidation sites excluding steroid dienone is 3. The van der Waals surface area contributed by atoms with E-state index in [9.17, 15) is 20.1 Å². The summed E-state index contributed by atoms with van der Waals surface area (Å²) in [6.07, 6.45) is 0.363. The summed E-state index contributed by atoms with van der Waals surface area (Å²) in [5, 5.41) is 32.4. The first kappa shape index (κ1) is 29.7. The number of hydrogen-bond donors (Lipinski definition) is 5. The van der Waals surface area contributed by atoms with Gasteiger partial charge < -0.3 is 30.0 Å². The predicted molar refractivity (Wildman–Crippen MR) is 174 cm³/mol. The molecule has 228 valence electrons. The molecule has 5 N–H and O–H groups in total. The molecule has 3 aliphatic rings. The van der Waals surface area contributed by atoms with Crippen molar-refractivity contribution in [3.8, 4) is 0 Å². The summed E-state index contributed by atoms with van der Waals surface area (Å²) < 4.78 is 5.36. The van der Waals surface area contributed by atoms with Gasteiger partial charge in [-0.3, -0.25) is 4.79 Å². The lowest BCUT2D eigenvalue weighted by molar-refractivity contribution is -0.136. The van der Waals surface area contributed by atoms with E-state index >= 15 is 0 Å². The van der Waals surface area contributed by atoms with Crippen molar-refractivity contribution in [1.29, 1.82) is 0 Å². The Morgan fingerprint density at radius 3 is 2.30 bits per heavy atom. The van der Waals surface area contributed by atoms with E-state index in [0.29, 0.717) is 33.9 Å². The van der Waals surface area contributed by atoms with Crippen molar-refractivity contribution in [3.05, 3.63) is 75.4 Å². The number of aromatic amines is 2. The quantitative estimate of drug-likeness (QED) is 0.202. The van der Waals surface area contributed by atoms with Crippen molar-refractivity contribution in [2.24, 2.45) is 0 Å². The summed E-state index contributed by atoms with van der Waals surface area (Å²) in [5.74, 6) is -1.78. The number of hydrogen-bond acceptors (Lipinski definition) is 6. The summed E-state index contributed by atoms with van der Waals surface area (Å²) in [6, 6.07) is 6.09. The average Bonchev–Trinajstić information content (AvgIpc) is 3.72. The van der Waals surface area contributed by atoms with Crippen molar-refractivity contribution in [2.75, 3.05) is 7.11 Å². The van der Waals surface area contributed by atoms with Gasteiger partial charge in [-0.15, -0.1) is 0 Å². The van der Waals surface area contributed by atoms with Crippen molar-refractivity contribution < 1.29 is 24.9 Å². The molecule has 3 atom stereocenters. The van der Waals surface area contributed by atoms with Crippen LogP contribution in [-0.4, -0.2) is 60.7 Å². The summed E-state index contributed by atoms with van der Waals surface area (Å²) >= 11 is 0. The van der Waals surface area contributed by atoms with Crippen LogP contribution < -0.4 is 0 Å². The van der Waals surface area contributed by atoms with Gasteiger partial charge in [0.05, 0.1) is 34.8 Å². The normalized spacial score (nSPS) is 18.4. The van der Waals surface area contributed by atoms with Crippen LogP contribution in [0.25, 0.3) is 50.4 Å².